The third kappa shape index (κ3) is 3.36. The lowest BCUT2D eigenvalue weighted by Crippen LogP contribution is -2.20. The van der Waals surface area contributed by atoms with Gasteiger partial charge in [-0.2, -0.15) is 0 Å². The van der Waals surface area contributed by atoms with Crippen LogP contribution in [0.15, 0.2) is 24.3 Å². The number of hydrogen-bond acceptors (Lipinski definition) is 2. The van der Waals surface area contributed by atoms with E-state index in [2.05, 4.69) is 24.1 Å². The second-order valence-electron chi connectivity index (χ2n) is 5.06. The number of carboxylic acids is 1. The van der Waals surface area contributed by atoms with Gasteiger partial charge < -0.3 is 10.0 Å². The number of benzene rings is 1. The first-order chi connectivity index (χ1) is 8.56. The highest BCUT2D eigenvalue weighted by Gasteiger charge is 2.23. The van der Waals surface area contributed by atoms with Crippen LogP contribution in [0.5, 0.6) is 0 Å². The summed E-state index contributed by atoms with van der Waals surface area (Å²) in [4.78, 5) is 12.8. The van der Waals surface area contributed by atoms with Crippen LogP contribution in [0.4, 0.5) is 5.69 Å². The summed E-state index contributed by atoms with van der Waals surface area (Å²) < 4.78 is 0. The van der Waals surface area contributed by atoms with Gasteiger partial charge in [0.2, 0.25) is 0 Å². The number of rotatable bonds is 5. The summed E-state index contributed by atoms with van der Waals surface area (Å²) in [6, 6.07) is 6.16. The molecule has 1 aliphatic rings. The van der Waals surface area contributed by atoms with Crippen molar-refractivity contribution in [2.45, 2.75) is 19.8 Å². The second-order valence-corrected chi connectivity index (χ2v) is 5.06. The summed E-state index contributed by atoms with van der Waals surface area (Å²) in [7, 11) is 2.07. The van der Waals surface area contributed by atoms with E-state index in [1.54, 1.807) is 6.08 Å². The van der Waals surface area contributed by atoms with Crippen LogP contribution in [0.3, 0.4) is 0 Å². The van der Waals surface area contributed by atoms with Crippen LogP contribution in [-0.4, -0.2) is 24.7 Å². The van der Waals surface area contributed by atoms with Crippen molar-refractivity contribution in [3.05, 3.63) is 35.4 Å². The molecular weight excluding hydrogens is 226 g/mol. The highest BCUT2D eigenvalue weighted by atomic mass is 16.4. The monoisotopic (exact) mass is 245 g/mol. The summed E-state index contributed by atoms with van der Waals surface area (Å²) in [5, 5.41) is 8.73. The number of carboxylic acid groups (broad SMARTS) is 1. The molecule has 96 valence electrons. The molecule has 2 rings (SSSR count). The van der Waals surface area contributed by atoms with E-state index >= 15 is 0 Å². The first kappa shape index (κ1) is 12.7. The van der Waals surface area contributed by atoms with Crippen LogP contribution in [0, 0.1) is 12.8 Å². The highest BCUT2D eigenvalue weighted by molar-refractivity contribution is 5.87. The maximum Gasteiger partial charge on any atom is 0.328 e. The van der Waals surface area contributed by atoms with E-state index in [0.29, 0.717) is 0 Å². The molecule has 0 atom stereocenters. The molecule has 1 saturated carbocycles. The molecule has 3 nitrogen and oxygen atoms in total. The van der Waals surface area contributed by atoms with Crippen molar-refractivity contribution in [3.8, 4) is 0 Å². The van der Waals surface area contributed by atoms with Crippen molar-refractivity contribution in [1.82, 2.24) is 0 Å². The Morgan fingerprint density at radius 3 is 2.83 bits per heavy atom. The quantitative estimate of drug-likeness (QED) is 0.811. The molecule has 0 radical (unpaired) electrons. The zero-order valence-corrected chi connectivity index (χ0v) is 10.9. The standard InChI is InChI=1S/C15H19NO2/c1-11-3-7-14(16(2)10-12-4-5-12)13(9-11)6-8-15(17)18/h3,6-9,12H,4-5,10H2,1-2H3,(H,17,18)/b8-6+. The lowest BCUT2D eigenvalue weighted by molar-refractivity contribution is -0.131. The average Bonchev–Trinajstić information content (AvgIpc) is 3.10. The van der Waals surface area contributed by atoms with Gasteiger partial charge in [-0.15, -0.1) is 0 Å². The second kappa shape index (κ2) is 5.25. The van der Waals surface area contributed by atoms with Gasteiger partial charge in [0.15, 0.2) is 0 Å². The molecule has 0 bridgehead atoms. The van der Waals surface area contributed by atoms with Crippen molar-refractivity contribution in [2.24, 2.45) is 5.92 Å². The number of aliphatic carboxylic acids is 1. The molecule has 0 aliphatic heterocycles. The number of hydrogen-bond donors (Lipinski definition) is 1. The number of aryl methyl sites for hydroxylation is 1. The highest BCUT2D eigenvalue weighted by Crippen LogP contribution is 2.32. The van der Waals surface area contributed by atoms with Crippen molar-refractivity contribution >= 4 is 17.7 Å². The number of nitrogens with zero attached hydrogens (tertiary/aromatic N) is 1. The summed E-state index contributed by atoms with van der Waals surface area (Å²) in [5.74, 6) is -0.0973. The molecular formula is C15H19NO2. The normalized spacial score (nSPS) is 15.0. The van der Waals surface area contributed by atoms with Gasteiger partial charge in [-0.25, -0.2) is 4.79 Å². The van der Waals surface area contributed by atoms with Crippen LogP contribution in [0.2, 0.25) is 0 Å². The Bertz CT molecular complexity index is 475. The first-order valence-electron chi connectivity index (χ1n) is 6.29. The molecule has 0 spiro atoms. The Balaban J connectivity index is 2.23. The molecule has 0 amide bonds. The van der Waals surface area contributed by atoms with E-state index in [1.165, 1.54) is 18.9 Å². The molecule has 0 aromatic heterocycles. The number of anilines is 1. The molecule has 18 heavy (non-hydrogen) atoms. The van der Waals surface area contributed by atoms with Crippen molar-refractivity contribution in [1.29, 1.82) is 0 Å². The van der Waals surface area contributed by atoms with E-state index in [0.717, 1.165) is 29.3 Å². The van der Waals surface area contributed by atoms with Gasteiger partial charge in [0.25, 0.3) is 0 Å². The Morgan fingerprint density at radius 1 is 1.50 bits per heavy atom. The molecule has 0 saturated heterocycles. The SMILES string of the molecule is Cc1ccc(N(C)CC2CC2)c(/C=C/C(=O)O)c1. The fourth-order valence-electron chi connectivity index (χ4n) is 2.10. The topological polar surface area (TPSA) is 40.5 Å². The summed E-state index contributed by atoms with van der Waals surface area (Å²) in [5.41, 5.74) is 3.22. The van der Waals surface area contributed by atoms with Gasteiger partial charge in [0.05, 0.1) is 0 Å². The van der Waals surface area contributed by atoms with Gasteiger partial charge in [-0.1, -0.05) is 11.6 Å². The Kier molecular flexibility index (Phi) is 3.70. The van der Waals surface area contributed by atoms with Crippen LogP contribution in [0.1, 0.15) is 24.0 Å². The predicted molar refractivity (Wildman–Crippen MR) is 73.8 cm³/mol. The molecule has 1 aliphatic carbocycles. The minimum Gasteiger partial charge on any atom is -0.478 e. The van der Waals surface area contributed by atoms with E-state index in [9.17, 15) is 4.79 Å². The van der Waals surface area contributed by atoms with Crippen molar-refractivity contribution in [3.63, 3.8) is 0 Å². The third-order valence-corrected chi connectivity index (χ3v) is 3.23. The van der Waals surface area contributed by atoms with Crippen molar-refractivity contribution in [2.75, 3.05) is 18.5 Å². The largest absolute Gasteiger partial charge is 0.478 e. The molecule has 1 fully saturated rings. The summed E-state index contributed by atoms with van der Waals surface area (Å²) in [6.07, 6.45) is 5.50. The predicted octanol–water partition coefficient (Wildman–Crippen LogP) is 2.94. The van der Waals surface area contributed by atoms with Crippen LogP contribution >= 0.6 is 0 Å². The van der Waals surface area contributed by atoms with Crippen molar-refractivity contribution < 1.29 is 9.90 Å². The molecule has 1 aromatic rings. The molecule has 1 N–H and O–H groups in total. The maximum atomic E-state index is 10.6. The van der Waals surface area contributed by atoms with Gasteiger partial charge in [0.1, 0.15) is 0 Å². The maximum absolute atomic E-state index is 10.6. The fourth-order valence-corrected chi connectivity index (χ4v) is 2.10. The van der Waals surface area contributed by atoms with Gasteiger partial charge in [-0.3, -0.25) is 0 Å². The van der Waals surface area contributed by atoms with E-state index in [1.807, 2.05) is 13.0 Å². The molecule has 3 heteroatoms. The van der Waals surface area contributed by atoms with Crippen LogP contribution in [-0.2, 0) is 4.79 Å². The van der Waals surface area contributed by atoms with E-state index < -0.39 is 5.97 Å². The Hall–Kier alpha value is -1.77. The fraction of sp³-hybridized carbons (Fsp3) is 0.400. The third-order valence-electron chi connectivity index (χ3n) is 3.23. The smallest absolute Gasteiger partial charge is 0.328 e. The first-order valence-corrected chi connectivity index (χ1v) is 6.29. The Morgan fingerprint density at radius 2 is 2.22 bits per heavy atom. The molecule has 0 heterocycles. The van der Waals surface area contributed by atoms with Crippen LogP contribution < -0.4 is 4.90 Å². The van der Waals surface area contributed by atoms with E-state index in [-0.39, 0.29) is 0 Å². The lowest BCUT2D eigenvalue weighted by atomic mass is 10.1. The van der Waals surface area contributed by atoms with E-state index in [4.69, 9.17) is 5.11 Å². The minimum absolute atomic E-state index is 0.813. The molecule has 0 unspecified atom stereocenters. The van der Waals surface area contributed by atoms with Gasteiger partial charge in [0, 0.05) is 25.4 Å². The lowest BCUT2D eigenvalue weighted by Gasteiger charge is -2.21. The minimum atomic E-state index is -0.910. The number of carbonyl (C=O) groups is 1. The zero-order chi connectivity index (χ0) is 13.1. The average molecular weight is 245 g/mol. The zero-order valence-electron chi connectivity index (χ0n) is 10.9. The van der Waals surface area contributed by atoms with Gasteiger partial charge in [-0.05, 0) is 49.5 Å². The van der Waals surface area contributed by atoms with Crippen LogP contribution in [0.25, 0.3) is 6.08 Å². The molecule has 1 aromatic carbocycles. The summed E-state index contributed by atoms with van der Waals surface area (Å²) >= 11 is 0. The summed E-state index contributed by atoms with van der Waals surface area (Å²) in [6.45, 7) is 3.07. The van der Waals surface area contributed by atoms with Gasteiger partial charge >= 0.3 is 5.97 Å². The Labute approximate surface area is 108 Å².